The zero-order valence-corrected chi connectivity index (χ0v) is 11.8. The van der Waals surface area contributed by atoms with E-state index in [1.54, 1.807) is 12.1 Å². The zero-order chi connectivity index (χ0) is 13.6. The molecule has 0 atom stereocenters. The smallest absolute Gasteiger partial charge is 0.178 e. The van der Waals surface area contributed by atoms with Gasteiger partial charge in [-0.2, -0.15) is 0 Å². The van der Waals surface area contributed by atoms with Gasteiger partial charge >= 0.3 is 0 Å². The second kappa shape index (κ2) is 6.69. The van der Waals surface area contributed by atoms with Crippen LogP contribution in [0.1, 0.15) is 42.1 Å². The molecule has 0 fully saturated rings. The lowest BCUT2D eigenvalue weighted by Crippen LogP contribution is -2.19. The Hall–Kier alpha value is -1.16. The Morgan fingerprint density at radius 1 is 1.17 bits per heavy atom. The van der Waals surface area contributed by atoms with Crippen LogP contribution in [0.2, 0.25) is 0 Å². The maximum Gasteiger partial charge on any atom is 0.178 e. The molecule has 0 bridgehead atoms. The summed E-state index contributed by atoms with van der Waals surface area (Å²) < 4.78 is 23.6. The first-order valence-corrected chi connectivity index (χ1v) is 8.07. The lowest BCUT2D eigenvalue weighted by atomic mass is 10.1. The van der Waals surface area contributed by atoms with Crippen LogP contribution in [0.3, 0.4) is 0 Å². The van der Waals surface area contributed by atoms with Gasteiger partial charge in [0.15, 0.2) is 15.6 Å². The summed E-state index contributed by atoms with van der Waals surface area (Å²) in [5.74, 6) is -0.565. The number of sulfone groups is 1. The van der Waals surface area contributed by atoms with Crippen LogP contribution in [-0.4, -0.2) is 25.7 Å². The van der Waals surface area contributed by atoms with E-state index in [9.17, 15) is 13.2 Å². The summed E-state index contributed by atoms with van der Waals surface area (Å²) >= 11 is 0. The van der Waals surface area contributed by atoms with Crippen LogP contribution < -0.4 is 0 Å². The van der Waals surface area contributed by atoms with Crippen LogP contribution in [0.5, 0.6) is 0 Å². The molecule has 18 heavy (non-hydrogen) atoms. The van der Waals surface area contributed by atoms with Crippen molar-refractivity contribution in [3.05, 3.63) is 35.4 Å². The van der Waals surface area contributed by atoms with Crippen LogP contribution in [-0.2, 0) is 9.84 Å². The van der Waals surface area contributed by atoms with E-state index >= 15 is 0 Å². The minimum atomic E-state index is -3.27. The van der Waals surface area contributed by atoms with Crippen molar-refractivity contribution >= 4 is 15.6 Å². The highest BCUT2D eigenvalue weighted by Crippen LogP contribution is 2.10. The average Bonchev–Trinajstić information content (AvgIpc) is 2.29. The highest BCUT2D eigenvalue weighted by Gasteiger charge is 2.18. The van der Waals surface area contributed by atoms with Crippen LogP contribution >= 0.6 is 0 Å². The number of ketones is 1. The Kier molecular flexibility index (Phi) is 5.54. The average molecular weight is 268 g/mol. The van der Waals surface area contributed by atoms with Crippen molar-refractivity contribution < 1.29 is 13.2 Å². The van der Waals surface area contributed by atoms with Crippen molar-refractivity contribution in [1.82, 2.24) is 0 Å². The van der Waals surface area contributed by atoms with E-state index in [1.807, 2.05) is 26.0 Å². The molecule has 0 saturated carbocycles. The fourth-order valence-corrected chi connectivity index (χ4v) is 3.15. The Morgan fingerprint density at radius 3 is 2.44 bits per heavy atom. The summed E-state index contributed by atoms with van der Waals surface area (Å²) in [5.41, 5.74) is 1.34. The third kappa shape index (κ3) is 4.61. The second-order valence-corrected chi connectivity index (χ2v) is 6.72. The monoisotopic (exact) mass is 268 g/mol. The number of benzene rings is 1. The number of carbonyl (C=O) groups excluding carboxylic acids is 1. The molecule has 1 rings (SSSR count). The molecule has 0 unspecified atom stereocenters. The van der Waals surface area contributed by atoms with Crippen molar-refractivity contribution in [1.29, 1.82) is 0 Å². The molecule has 0 heterocycles. The Balaban J connectivity index is 2.68. The normalized spacial score (nSPS) is 11.4. The molecular weight excluding hydrogens is 248 g/mol. The SMILES string of the molecule is CCCCCS(=O)(=O)CC(=O)c1ccccc1C. The van der Waals surface area contributed by atoms with Crippen LogP contribution in [0.15, 0.2) is 24.3 Å². The Bertz CT molecular complexity index is 504. The molecular formula is C14H20O3S. The molecule has 0 N–H and O–H groups in total. The van der Waals surface area contributed by atoms with Gasteiger partial charge in [-0.3, -0.25) is 4.79 Å². The molecule has 0 aliphatic heterocycles. The van der Waals surface area contributed by atoms with Gasteiger partial charge in [0, 0.05) is 5.56 Å². The predicted molar refractivity (Wildman–Crippen MR) is 73.7 cm³/mol. The van der Waals surface area contributed by atoms with Gasteiger partial charge in [0.25, 0.3) is 0 Å². The van der Waals surface area contributed by atoms with Crippen molar-refractivity contribution in [3.63, 3.8) is 0 Å². The van der Waals surface area contributed by atoms with E-state index in [2.05, 4.69) is 0 Å². The highest BCUT2D eigenvalue weighted by molar-refractivity contribution is 7.92. The van der Waals surface area contributed by atoms with Gasteiger partial charge in [0.2, 0.25) is 0 Å². The van der Waals surface area contributed by atoms with E-state index in [-0.39, 0.29) is 17.3 Å². The fraction of sp³-hybridized carbons (Fsp3) is 0.500. The maximum atomic E-state index is 11.9. The summed E-state index contributed by atoms with van der Waals surface area (Å²) in [4.78, 5) is 11.9. The van der Waals surface area contributed by atoms with E-state index < -0.39 is 9.84 Å². The molecule has 0 radical (unpaired) electrons. The van der Waals surface area contributed by atoms with Gasteiger partial charge < -0.3 is 0 Å². The summed E-state index contributed by atoms with van der Waals surface area (Å²) in [6.07, 6.45) is 2.50. The van der Waals surface area contributed by atoms with E-state index in [1.165, 1.54) is 0 Å². The molecule has 0 aliphatic rings. The van der Waals surface area contributed by atoms with Crippen molar-refractivity contribution in [2.75, 3.05) is 11.5 Å². The first-order valence-electron chi connectivity index (χ1n) is 6.25. The number of unbranched alkanes of at least 4 members (excludes halogenated alkanes) is 2. The van der Waals surface area contributed by atoms with Gasteiger partial charge in [-0.15, -0.1) is 0 Å². The highest BCUT2D eigenvalue weighted by atomic mass is 32.2. The number of hydrogen-bond acceptors (Lipinski definition) is 3. The van der Waals surface area contributed by atoms with Gasteiger partial charge in [0.1, 0.15) is 5.75 Å². The minimum Gasteiger partial charge on any atom is -0.293 e. The molecule has 1 aromatic rings. The third-order valence-electron chi connectivity index (χ3n) is 2.86. The summed E-state index contributed by atoms with van der Waals surface area (Å²) in [5, 5.41) is 0. The topological polar surface area (TPSA) is 51.2 Å². The Labute approximate surface area is 109 Å². The number of rotatable bonds is 7. The molecule has 0 spiro atoms. The van der Waals surface area contributed by atoms with E-state index in [4.69, 9.17) is 0 Å². The predicted octanol–water partition coefficient (Wildman–Crippen LogP) is 2.78. The second-order valence-electron chi connectivity index (χ2n) is 4.54. The maximum absolute atomic E-state index is 11.9. The van der Waals surface area contributed by atoms with Gasteiger partial charge in [-0.1, -0.05) is 44.0 Å². The molecule has 0 aliphatic carbocycles. The van der Waals surface area contributed by atoms with Gasteiger partial charge in [0.05, 0.1) is 5.75 Å². The van der Waals surface area contributed by atoms with Gasteiger partial charge in [-0.25, -0.2) is 8.42 Å². The van der Waals surface area contributed by atoms with E-state index in [0.717, 1.165) is 18.4 Å². The van der Waals surface area contributed by atoms with Crippen LogP contribution in [0.25, 0.3) is 0 Å². The number of aryl methyl sites for hydroxylation is 1. The van der Waals surface area contributed by atoms with Crippen LogP contribution in [0, 0.1) is 6.92 Å². The Morgan fingerprint density at radius 2 is 1.83 bits per heavy atom. The zero-order valence-electron chi connectivity index (χ0n) is 11.0. The molecule has 0 aromatic heterocycles. The molecule has 0 amide bonds. The lowest BCUT2D eigenvalue weighted by molar-refractivity contribution is 0.102. The molecule has 1 aromatic carbocycles. The molecule has 3 nitrogen and oxygen atoms in total. The number of carbonyl (C=O) groups is 1. The van der Waals surface area contributed by atoms with Crippen LogP contribution in [0.4, 0.5) is 0 Å². The third-order valence-corrected chi connectivity index (χ3v) is 4.47. The standard InChI is InChI=1S/C14H20O3S/c1-3-4-7-10-18(16,17)11-14(15)13-9-6-5-8-12(13)2/h5-6,8-9H,3-4,7,10-11H2,1-2H3. The molecule has 4 heteroatoms. The largest absolute Gasteiger partial charge is 0.293 e. The number of Topliss-reactive ketones (excluding diaryl/α,β-unsaturated/α-hetero) is 1. The first-order chi connectivity index (χ1) is 8.46. The fourth-order valence-electron chi connectivity index (χ4n) is 1.81. The van der Waals surface area contributed by atoms with Gasteiger partial charge in [-0.05, 0) is 18.9 Å². The van der Waals surface area contributed by atoms with E-state index in [0.29, 0.717) is 12.0 Å². The lowest BCUT2D eigenvalue weighted by Gasteiger charge is -2.05. The molecule has 0 saturated heterocycles. The summed E-state index contributed by atoms with van der Waals surface area (Å²) in [6, 6.07) is 7.09. The van der Waals surface area contributed by atoms with Crippen molar-refractivity contribution in [2.24, 2.45) is 0 Å². The molecule has 100 valence electrons. The number of hydrogen-bond donors (Lipinski definition) is 0. The summed E-state index contributed by atoms with van der Waals surface area (Å²) in [6.45, 7) is 3.84. The minimum absolute atomic E-state index is 0.110. The van der Waals surface area contributed by atoms with Crippen molar-refractivity contribution in [2.45, 2.75) is 33.1 Å². The van der Waals surface area contributed by atoms with Crippen molar-refractivity contribution in [3.8, 4) is 0 Å². The summed E-state index contributed by atoms with van der Waals surface area (Å²) in [7, 11) is -3.27. The quantitative estimate of drug-likeness (QED) is 0.564. The first kappa shape index (κ1) is 14.9.